The van der Waals surface area contributed by atoms with Gasteiger partial charge in [-0.2, -0.15) is 0 Å². The molecule has 0 amide bonds. The molecule has 0 bridgehead atoms. The molecule has 1 N–H and O–H groups in total. The van der Waals surface area contributed by atoms with Gasteiger partial charge in [-0.15, -0.1) is 0 Å². The average Bonchev–Trinajstić information content (AvgIpc) is 2.46. The van der Waals surface area contributed by atoms with Crippen LogP contribution in [-0.4, -0.2) is 31.3 Å². The number of carbonyl (C=O) groups excluding carboxylic acids is 1. The van der Waals surface area contributed by atoms with Crippen LogP contribution < -0.4 is 5.32 Å². The van der Waals surface area contributed by atoms with E-state index in [1.54, 1.807) is 0 Å². The van der Waals surface area contributed by atoms with Crippen LogP contribution in [-0.2, 0) is 14.3 Å². The highest BCUT2D eigenvalue weighted by Crippen LogP contribution is 2.20. The molecule has 1 aliphatic rings. The molecule has 1 heterocycles. The summed E-state index contributed by atoms with van der Waals surface area (Å²) >= 11 is 0. The third-order valence-electron chi connectivity index (χ3n) is 3.54. The van der Waals surface area contributed by atoms with E-state index in [9.17, 15) is 4.79 Å². The molecule has 2 rings (SSSR count). The molecule has 1 aliphatic heterocycles. The lowest BCUT2D eigenvalue weighted by Gasteiger charge is -2.31. The number of carbonyl (C=O) groups is 1. The van der Waals surface area contributed by atoms with Crippen LogP contribution in [0.2, 0.25) is 0 Å². The molecule has 4 heteroatoms. The Labute approximate surface area is 120 Å². The summed E-state index contributed by atoms with van der Waals surface area (Å²) in [7, 11) is 0. The van der Waals surface area contributed by atoms with Crippen LogP contribution in [0, 0.1) is 0 Å². The molecule has 1 aromatic rings. The van der Waals surface area contributed by atoms with Gasteiger partial charge in [0, 0.05) is 12.6 Å². The van der Waals surface area contributed by atoms with Crippen molar-refractivity contribution >= 4 is 5.97 Å². The molecule has 0 saturated carbocycles. The number of rotatable bonds is 5. The average molecular weight is 277 g/mol. The van der Waals surface area contributed by atoms with E-state index in [4.69, 9.17) is 9.47 Å². The molecule has 0 spiro atoms. The minimum atomic E-state index is -0.397. The van der Waals surface area contributed by atoms with Crippen LogP contribution in [0.3, 0.4) is 0 Å². The van der Waals surface area contributed by atoms with Crippen molar-refractivity contribution < 1.29 is 14.3 Å². The second kappa shape index (κ2) is 7.41. The minimum Gasteiger partial charge on any atom is -0.465 e. The van der Waals surface area contributed by atoms with Crippen molar-refractivity contribution in [2.75, 3.05) is 13.2 Å². The fourth-order valence-corrected chi connectivity index (χ4v) is 2.56. The largest absolute Gasteiger partial charge is 0.465 e. The van der Waals surface area contributed by atoms with E-state index < -0.39 is 6.04 Å². The standard InChI is InChI=1S/C16H23NO3/c1-3-19-16(18)15(13-7-5-4-6-8-13)17-14-9-10-20-12(2)11-14/h4-8,12,14-15,17H,3,9-11H2,1-2H3/t12?,14?,15-/m1/s1. The Morgan fingerprint density at radius 3 is 2.85 bits per heavy atom. The first-order valence-corrected chi connectivity index (χ1v) is 7.30. The van der Waals surface area contributed by atoms with Crippen LogP contribution in [0.4, 0.5) is 0 Å². The molecule has 1 aromatic carbocycles. The SMILES string of the molecule is CCOC(=O)[C@H](NC1CCOC(C)C1)c1ccccc1. The molecular weight excluding hydrogens is 254 g/mol. The monoisotopic (exact) mass is 277 g/mol. The van der Waals surface area contributed by atoms with Crippen LogP contribution >= 0.6 is 0 Å². The number of hydrogen-bond donors (Lipinski definition) is 1. The Balaban J connectivity index is 2.08. The summed E-state index contributed by atoms with van der Waals surface area (Å²) in [5.41, 5.74) is 0.949. The summed E-state index contributed by atoms with van der Waals surface area (Å²) in [6, 6.07) is 9.63. The summed E-state index contributed by atoms with van der Waals surface area (Å²) in [5, 5.41) is 3.43. The Kier molecular flexibility index (Phi) is 5.56. The highest BCUT2D eigenvalue weighted by molar-refractivity contribution is 5.77. The highest BCUT2D eigenvalue weighted by Gasteiger charge is 2.27. The van der Waals surface area contributed by atoms with Gasteiger partial charge in [0.1, 0.15) is 6.04 Å². The summed E-state index contributed by atoms with van der Waals surface area (Å²) in [6.07, 6.45) is 2.08. The van der Waals surface area contributed by atoms with Gasteiger partial charge in [0.2, 0.25) is 0 Å². The van der Waals surface area contributed by atoms with Gasteiger partial charge in [-0.25, -0.2) is 4.79 Å². The lowest BCUT2D eigenvalue weighted by molar-refractivity contribution is -0.146. The van der Waals surface area contributed by atoms with Gasteiger partial charge in [0.05, 0.1) is 12.7 Å². The first-order chi connectivity index (χ1) is 9.70. The van der Waals surface area contributed by atoms with Gasteiger partial charge < -0.3 is 9.47 Å². The van der Waals surface area contributed by atoms with Crippen molar-refractivity contribution in [1.29, 1.82) is 0 Å². The molecule has 1 saturated heterocycles. The fraction of sp³-hybridized carbons (Fsp3) is 0.562. The van der Waals surface area contributed by atoms with E-state index in [-0.39, 0.29) is 18.1 Å². The van der Waals surface area contributed by atoms with Crippen LogP contribution in [0.15, 0.2) is 30.3 Å². The molecule has 3 atom stereocenters. The van der Waals surface area contributed by atoms with Gasteiger partial charge in [-0.05, 0) is 32.3 Å². The Morgan fingerprint density at radius 1 is 1.45 bits per heavy atom. The normalized spacial score (nSPS) is 24.1. The van der Waals surface area contributed by atoms with Gasteiger partial charge >= 0.3 is 5.97 Å². The molecule has 0 aromatic heterocycles. The van der Waals surface area contributed by atoms with Crippen molar-refractivity contribution in [1.82, 2.24) is 5.32 Å². The number of hydrogen-bond acceptors (Lipinski definition) is 4. The Hall–Kier alpha value is -1.39. The zero-order valence-corrected chi connectivity index (χ0v) is 12.2. The molecular formula is C16H23NO3. The van der Waals surface area contributed by atoms with Gasteiger partial charge in [0.25, 0.3) is 0 Å². The van der Waals surface area contributed by atoms with Crippen LogP contribution in [0.5, 0.6) is 0 Å². The van der Waals surface area contributed by atoms with E-state index in [1.165, 1.54) is 0 Å². The Bertz CT molecular complexity index is 421. The van der Waals surface area contributed by atoms with Crippen molar-refractivity contribution in [3.8, 4) is 0 Å². The lowest BCUT2D eigenvalue weighted by atomic mass is 10.0. The summed E-state index contributed by atoms with van der Waals surface area (Å²) in [4.78, 5) is 12.2. The third-order valence-corrected chi connectivity index (χ3v) is 3.54. The lowest BCUT2D eigenvalue weighted by Crippen LogP contribution is -2.42. The predicted molar refractivity (Wildman–Crippen MR) is 77.4 cm³/mol. The zero-order valence-electron chi connectivity index (χ0n) is 12.2. The topological polar surface area (TPSA) is 47.6 Å². The molecule has 1 fully saturated rings. The maximum atomic E-state index is 12.2. The van der Waals surface area contributed by atoms with Gasteiger partial charge in [-0.1, -0.05) is 30.3 Å². The Morgan fingerprint density at radius 2 is 2.20 bits per heavy atom. The van der Waals surface area contributed by atoms with Crippen molar-refractivity contribution in [2.45, 2.75) is 44.9 Å². The minimum absolute atomic E-state index is 0.210. The van der Waals surface area contributed by atoms with Crippen LogP contribution in [0.25, 0.3) is 0 Å². The van der Waals surface area contributed by atoms with Crippen molar-refractivity contribution in [2.24, 2.45) is 0 Å². The number of benzene rings is 1. The molecule has 20 heavy (non-hydrogen) atoms. The zero-order chi connectivity index (χ0) is 14.4. The summed E-state index contributed by atoms with van der Waals surface area (Å²) in [5.74, 6) is -0.210. The van der Waals surface area contributed by atoms with Crippen molar-refractivity contribution in [3.63, 3.8) is 0 Å². The molecule has 0 aliphatic carbocycles. The highest BCUT2D eigenvalue weighted by atomic mass is 16.5. The van der Waals surface area contributed by atoms with E-state index in [1.807, 2.05) is 37.3 Å². The maximum Gasteiger partial charge on any atom is 0.327 e. The van der Waals surface area contributed by atoms with E-state index >= 15 is 0 Å². The predicted octanol–water partition coefficient (Wildman–Crippen LogP) is 2.45. The second-order valence-corrected chi connectivity index (χ2v) is 5.17. The number of ether oxygens (including phenoxy) is 2. The number of nitrogens with one attached hydrogen (secondary N) is 1. The summed E-state index contributed by atoms with van der Waals surface area (Å²) < 4.78 is 10.7. The molecule has 0 radical (unpaired) electrons. The first kappa shape index (κ1) is 15.0. The van der Waals surface area contributed by atoms with E-state index in [0.29, 0.717) is 6.61 Å². The second-order valence-electron chi connectivity index (χ2n) is 5.17. The van der Waals surface area contributed by atoms with Gasteiger partial charge in [0.15, 0.2) is 0 Å². The first-order valence-electron chi connectivity index (χ1n) is 7.30. The quantitative estimate of drug-likeness (QED) is 0.840. The smallest absolute Gasteiger partial charge is 0.327 e. The van der Waals surface area contributed by atoms with Crippen molar-refractivity contribution in [3.05, 3.63) is 35.9 Å². The van der Waals surface area contributed by atoms with Crippen LogP contribution in [0.1, 0.15) is 38.3 Å². The molecule has 110 valence electrons. The molecule has 4 nitrogen and oxygen atoms in total. The number of esters is 1. The molecule has 2 unspecified atom stereocenters. The third kappa shape index (κ3) is 4.05. The van der Waals surface area contributed by atoms with Gasteiger partial charge in [-0.3, -0.25) is 5.32 Å². The van der Waals surface area contributed by atoms with E-state index in [0.717, 1.165) is 25.0 Å². The summed E-state index contributed by atoms with van der Waals surface area (Å²) in [6.45, 7) is 5.03. The fourth-order valence-electron chi connectivity index (χ4n) is 2.56. The van der Waals surface area contributed by atoms with E-state index in [2.05, 4.69) is 12.2 Å². The maximum absolute atomic E-state index is 12.2.